The Bertz CT molecular complexity index is 833. The Hall–Kier alpha value is -2.41. The molecule has 138 valence electrons. The number of nitrogens with zero attached hydrogens (tertiary/aromatic N) is 2. The number of amides is 1. The van der Waals surface area contributed by atoms with Crippen LogP contribution >= 0.6 is 0 Å². The molecule has 2 heterocycles. The summed E-state index contributed by atoms with van der Waals surface area (Å²) in [7, 11) is 0. The molecule has 1 aromatic heterocycles. The van der Waals surface area contributed by atoms with Gasteiger partial charge < -0.3 is 16.8 Å². The summed E-state index contributed by atoms with van der Waals surface area (Å²) in [6.45, 7) is 0.788. The van der Waals surface area contributed by atoms with Gasteiger partial charge in [-0.15, -0.1) is 0 Å². The number of fused-ring (bicyclic) bond motifs is 1. The summed E-state index contributed by atoms with van der Waals surface area (Å²) >= 11 is 0. The van der Waals surface area contributed by atoms with Crippen LogP contribution in [0.4, 0.5) is 10.2 Å². The summed E-state index contributed by atoms with van der Waals surface area (Å²) in [5.41, 5.74) is 15.4. The van der Waals surface area contributed by atoms with E-state index in [1.165, 1.54) is 11.1 Å². The number of carbonyl (C=O) groups excluding carboxylic acids is 1. The van der Waals surface area contributed by atoms with Crippen molar-refractivity contribution >= 4 is 11.7 Å². The molecule has 1 unspecified atom stereocenters. The normalized spacial score (nSPS) is 25.2. The van der Waals surface area contributed by atoms with Crippen molar-refractivity contribution < 1.29 is 9.18 Å². The van der Waals surface area contributed by atoms with Gasteiger partial charge in [-0.1, -0.05) is 24.3 Å². The molecule has 1 saturated heterocycles. The van der Waals surface area contributed by atoms with E-state index in [2.05, 4.69) is 22.5 Å². The van der Waals surface area contributed by atoms with Crippen LogP contribution in [0, 0.1) is 0 Å². The van der Waals surface area contributed by atoms with Gasteiger partial charge >= 0.3 is 0 Å². The van der Waals surface area contributed by atoms with Crippen molar-refractivity contribution in [1.29, 1.82) is 0 Å². The van der Waals surface area contributed by atoms with E-state index < -0.39 is 12.1 Å². The zero-order valence-electron chi connectivity index (χ0n) is 14.6. The van der Waals surface area contributed by atoms with Gasteiger partial charge in [0, 0.05) is 18.5 Å². The summed E-state index contributed by atoms with van der Waals surface area (Å²) in [5, 5.41) is 7.77. The van der Waals surface area contributed by atoms with Gasteiger partial charge in [0.25, 0.3) is 5.91 Å². The summed E-state index contributed by atoms with van der Waals surface area (Å²) in [5.74, 6) is -0.151. The molecule has 3 atom stereocenters. The fraction of sp³-hybridized carbons (Fsp3) is 0.474. The fourth-order valence-electron chi connectivity index (χ4n) is 4.22. The van der Waals surface area contributed by atoms with E-state index in [9.17, 15) is 9.18 Å². The molecule has 26 heavy (non-hydrogen) atoms. The molecule has 6 nitrogen and oxygen atoms in total. The zero-order chi connectivity index (χ0) is 18.3. The lowest BCUT2D eigenvalue weighted by Crippen LogP contribution is -2.28. The smallest absolute Gasteiger partial charge is 0.254 e. The molecule has 0 bridgehead atoms. The summed E-state index contributed by atoms with van der Waals surface area (Å²) in [4.78, 5) is 12.0. The molecule has 1 amide bonds. The van der Waals surface area contributed by atoms with Crippen LogP contribution in [0.15, 0.2) is 24.3 Å². The first kappa shape index (κ1) is 17.0. The molecule has 4 rings (SSSR count). The molecule has 1 aliphatic carbocycles. The first-order valence-electron chi connectivity index (χ1n) is 9.13. The van der Waals surface area contributed by atoms with Crippen LogP contribution in [0.25, 0.3) is 0 Å². The topological polar surface area (TPSA) is 99.0 Å². The van der Waals surface area contributed by atoms with Gasteiger partial charge in [-0.05, 0) is 36.8 Å². The maximum Gasteiger partial charge on any atom is 0.254 e. The average molecular weight is 357 g/mol. The minimum atomic E-state index is -0.846. The van der Waals surface area contributed by atoms with Crippen LogP contribution in [0.5, 0.6) is 0 Å². The number of primary amides is 1. The number of nitrogens with one attached hydrogen (secondary N) is 1. The van der Waals surface area contributed by atoms with Crippen LogP contribution in [0.2, 0.25) is 0 Å². The largest absolute Gasteiger partial charge is 0.383 e. The number of benzene rings is 1. The van der Waals surface area contributed by atoms with Gasteiger partial charge in [-0.3, -0.25) is 4.79 Å². The first-order chi connectivity index (χ1) is 12.5. The minimum Gasteiger partial charge on any atom is -0.383 e. The molecule has 1 aromatic carbocycles. The Morgan fingerprint density at radius 2 is 2.12 bits per heavy atom. The SMILES string of the molecule is NC(=O)c1c(C2CCc3ccccc3C2)nn(C[C@@H]2C[C@@H](F)CN2)c1N. The van der Waals surface area contributed by atoms with Gasteiger partial charge in [-0.2, -0.15) is 5.10 Å². The minimum absolute atomic E-state index is 0.0344. The number of halogens is 1. The van der Waals surface area contributed by atoms with Crippen molar-refractivity contribution in [3.05, 3.63) is 46.6 Å². The maximum absolute atomic E-state index is 13.4. The number of rotatable bonds is 4. The highest BCUT2D eigenvalue weighted by Gasteiger charge is 2.31. The van der Waals surface area contributed by atoms with Gasteiger partial charge in [0.1, 0.15) is 17.6 Å². The van der Waals surface area contributed by atoms with Crippen molar-refractivity contribution in [2.75, 3.05) is 12.3 Å². The number of hydrogen-bond donors (Lipinski definition) is 3. The maximum atomic E-state index is 13.4. The molecular formula is C19H24FN5O. The van der Waals surface area contributed by atoms with Crippen LogP contribution in [0.3, 0.4) is 0 Å². The van der Waals surface area contributed by atoms with Crippen molar-refractivity contribution in [3.63, 3.8) is 0 Å². The van der Waals surface area contributed by atoms with E-state index in [4.69, 9.17) is 11.5 Å². The predicted octanol–water partition coefficient (Wildman–Crippen LogP) is 1.54. The second kappa shape index (κ2) is 6.72. The predicted molar refractivity (Wildman–Crippen MR) is 97.7 cm³/mol. The van der Waals surface area contributed by atoms with Gasteiger partial charge in [0.2, 0.25) is 0 Å². The summed E-state index contributed by atoms with van der Waals surface area (Å²) in [6.07, 6.45) is 2.25. The number of aromatic nitrogens is 2. The fourth-order valence-corrected chi connectivity index (χ4v) is 4.22. The number of anilines is 1. The van der Waals surface area contributed by atoms with E-state index in [1.807, 2.05) is 12.1 Å². The molecule has 7 heteroatoms. The molecule has 1 fully saturated rings. The lowest BCUT2D eigenvalue weighted by molar-refractivity contribution is 0.0999. The lowest BCUT2D eigenvalue weighted by atomic mass is 9.81. The molecule has 0 saturated carbocycles. The Kier molecular flexibility index (Phi) is 4.40. The Morgan fingerprint density at radius 3 is 2.81 bits per heavy atom. The molecule has 2 aliphatic rings. The average Bonchev–Trinajstić information content (AvgIpc) is 3.18. The third-order valence-electron chi connectivity index (χ3n) is 5.56. The van der Waals surface area contributed by atoms with Crippen LogP contribution in [-0.2, 0) is 19.4 Å². The van der Waals surface area contributed by atoms with E-state index in [1.54, 1.807) is 4.68 Å². The number of alkyl halides is 1. The van der Waals surface area contributed by atoms with E-state index in [0.29, 0.717) is 30.8 Å². The molecule has 0 radical (unpaired) electrons. The summed E-state index contributed by atoms with van der Waals surface area (Å²) < 4.78 is 15.0. The first-order valence-corrected chi connectivity index (χ1v) is 9.13. The van der Waals surface area contributed by atoms with Crippen molar-refractivity contribution in [1.82, 2.24) is 15.1 Å². The third-order valence-corrected chi connectivity index (χ3v) is 5.56. The van der Waals surface area contributed by atoms with E-state index >= 15 is 0 Å². The number of aryl methyl sites for hydroxylation is 1. The third kappa shape index (κ3) is 3.07. The molecule has 1 aliphatic heterocycles. The van der Waals surface area contributed by atoms with Crippen molar-refractivity contribution in [3.8, 4) is 0 Å². The lowest BCUT2D eigenvalue weighted by Gasteiger charge is -2.23. The monoisotopic (exact) mass is 357 g/mol. The highest BCUT2D eigenvalue weighted by Crippen LogP contribution is 2.35. The number of nitrogens with two attached hydrogens (primary N) is 2. The standard InChI is InChI=1S/C19H24FN5O/c20-14-8-15(23-9-14)10-25-18(21)16(19(22)26)17(24-25)13-6-5-11-3-1-2-4-12(11)7-13/h1-4,13-15,23H,5-10,21H2,(H2,22,26)/t13?,14-,15+/m1/s1. The van der Waals surface area contributed by atoms with Gasteiger partial charge in [0.15, 0.2) is 0 Å². The summed E-state index contributed by atoms with van der Waals surface area (Å²) in [6, 6.07) is 8.31. The highest BCUT2D eigenvalue weighted by molar-refractivity contribution is 5.98. The molecular weight excluding hydrogens is 333 g/mol. The highest BCUT2D eigenvalue weighted by atomic mass is 19.1. The van der Waals surface area contributed by atoms with Crippen molar-refractivity contribution in [2.24, 2.45) is 5.73 Å². The van der Waals surface area contributed by atoms with Crippen molar-refractivity contribution in [2.45, 2.75) is 50.4 Å². The zero-order valence-corrected chi connectivity index (χ0v) is 14.6. The quantitative estimate of drug-likeness (QED) is 0.773. The van der Waals surface area contributed by atoms with Crippen LogP contribution in [-0.4, -0.2) is 34.4 Å². The molecule has 2 aromatic rings. The molecule has 0 spiro atoms. The number of nitrogen functional groups attached to an aromatic ring is 1. The Balaban J connectivity index is 1.63. The van der Waals surface area contributed by atoms with E-state index in [-0.39, 0.29) is 17.8 Å². The Labute approximate surface area is 151 Å². The van der Waals surface area contributed by atoms with Crippen LogP contribution in [0.1, 0.15) is 45.9 Å². The van der Waals surface area contributed by atoms with Gasteiger partial charge in [0.05, 0.1) is 12.2 Å². The van der Waals surface area contributed by atoms with E-state index in [0.717, 1.165) is 19.3 Å². The number of hydrogen-bond acceptors (Lipinski definition) is 4. The second-order valence-electron chi connectivity index (χ2n) is 7.34. The Morgan fingerprint density at radius 1 is 1.35 bits per heavy atom. The molecule has 5 N–H and O–H groups in total. The van der Waals surface area contributed by atoms with Gasteiger partial charge in [-0.25, -0.2) is 9.07 Å². The second-order valence-corrected chi connectivity index (χ2v) is 7.34. The van der Waals surface area contributed by atoms with Crippen LogP contribution < -0.4 is 16.8 Å². The number of carbonyl (C=O) groups is 1.